The largest absolute Gasteiger partial charge is 0.388 e. The highest BCUT2D eigenvalue weighted by Crippen LogP contribution is 2.33. The van der Waals surface area contributed by atoms with Crippen LogP contribution in [-0.2, 0) is 0 Å². The fraction of sp³-hybridized carbons (Fsp3) is 0.667. The Balaban J connectivity index is 4.07. The quantitative estimate of drug-likeness (QED) is 0.540. The third-order valence-electron chi connectivity index (χ3n) is 1.21. The molecule has 0 unspecified atom stereocenters. The Morgan fingerprint density at radius 3 is 2.00 bits per heavy atom. The lowest BCUT2D eigenvalue weighted by molar-refractivity contribution is 0.142. The molecule has 60 valence electrons. The molecule has 0 radical (unpaired) electrons. The summed E-state index contributed by atoms with van der Waals surface area (Å²) in [6.45, 7) is 5.18. The zero-order valence-electron chi connectivity index (χ0n) is 5.52. The summed E-state index contributed by atoms with van der Waals surface area (Å²) >= 11 is 16.2. The third kappa shape index (κ3) is 3.11. The van der Waals surface area contributed by atoms with E-state index >= 15 is 0 Å². The highest BCUT2D eigenvalue weighted by molar-refractivity contribution is 6.68. The molecule has 0 rings (SSSR count). The lowest BCUT2D eigenvalue weighted by atomic mass is 10.1. The van der Waals surface area contributed by atoms with Gasteiger partial charge in [-0.2, -0.15) is 0 Å². The third-order valence-corrected chi connectivity index (χ3v) is 1.88. The molecule has 0 spiro atoms. The van der Waals surface area contributed by atoms with E-state index in [1.54, 1.807) is 6.92 Å². The number of hydrogen-bond donors (Lipinski definition) is 1. The monoisotopic (exact) mass is 202 g/mol. The van der Waals surface area contributed by atoms with Crippen LogP contribution in [0.15, 0.2) is 12.7 Å². The molecule has 1 nitrogen and oxygen atoms in total. The summed E-state index contributed by atoms with van der Waals surface area (Å²) in [7, 11) is 0. The summed E-state index contributed by atoms with van der Waals surface area (Å²) < 4.78 is -1.62. The first-order chi connectivity index (χ1) is 4.39. The van der Waals surface area contributed by atoms with Gasteiger partial charge in [0.2, 0.25) is 3.79 Å². The maximum absolute atomic E-state index is 9.19. The van der Waals surface area contributed by atoms with Crippen LogP contribution in [0.2, 0.25) is 0 Å². The van der Waals surface area contributed by atoms with Crippen molar-refractivity contribution in [3.8, 4) is 0 Å². The van der Waals surface area contributed by atoms with E-state index in [9.17, 15) is 5.11 Å². The Kier molecular flexibility index (Phi) is 4.03. The van der Waals surface area contributed by atoms with Gasteiger partial charge in [-0.15, -0.1) is 6.58 Å². The van der Waals surface area contributed by atoms with Crippen molar-refractivity contribution in [1.29, 1.82) is 0 Å². The van der Waals surface area contributed by atoms with Gasteiger partial charge in [0.25, 0.3) is 0 Å². The second kappa shape index (κ2) is 3.82. The molecule has 0 heterocycles. The van der Waals surface area contributed by atoms with Gasteiger partial charge in [0.05, 0.1) is 0 Å². The number of hydrogen-bond acceptors (Lipinski definition) is 1. The molecule has 1 N–H and O–H groups in total. The normalized spacial score (nSPS) is 18.1. The molecule has 0 fully saturated rings. The van der Waals surface area contributed by atoms with Crippen LogP contribution in [0.4, 0.5) is 0 Å². The molecular formula is C6H9Cl3O. The minimum absolute atomic E-state index is 0.215. The number of aliphatic hydroxyl groups is 1. The van der Waals surface area contributed by atoms with Gasteiger partial charge in [0.1, 0.15) is 6.10 Å². The van der Waals surface area contributed by atoms with Crippen molar-refractivity contribution < 1.29 is 5.11 Å². The molecule has 0 aromatic carbocycles. The van der Waals surface area contributed by atoms with E-state index < -0.39 is 9.90 Å². The van der Waals surface area contributed by atoms with Gasteiger partial charge in [0.15, 0.2) is 0 Å². The SMILES string of the molecule is C=C[C@H](C)[C@H](O)C(Cl)(Cl)Cl. The zero-order valence-corrected chi connectivity index (χ0v) is 7.79. The van der Waals surface area contributed by atoms with Crippen LogP contribution < -0.4 is 0 Å². The molecule has 0 aliphatic heterocycles. The molecule has 0 bridgehead atoms. The molecular weight excluding hydrogens is 194 g/mol. The number of aliphatic hydroxyl groups excluding tert-OH is 1. The second-order valence-corrected chi connectivity index (χ2v) is 4.45. The smallest absolute Gasteiger partial charge is 0.216 e. The minimum atomic E-state index is -1.62. The average Bonchev–Trinajstić information content (AvgIpc) is 1.83. The molecule has 0 saturated heterocycles. The number of rotatable bonds is 2. The van der Waals surface area contributed by atoms with Gasteiger partial charge >= 0.3 is 0 Å². The van der Waals surface area contributed by atoms with Crippen LogP contribution in [0.5, 0.6) is 0 Å². The Morgan fingerprint density at radius 2 is 1.90 bits per heavy atom. The van der Waals surface area contributed by atoms with Gasteiger partial charge < -0.3 is 5.11 Å². The summed E-state index contributed by atoms with van der Waals surface area (Å²) in [6.07, 6.45) is 0.544. The molecule has 0 saturated carbocycles. The van der Waals surface area contributed by atoms with Gasteiger partial charge in [-0.1, -0.05) is 47.8 Å². The van der Waals surface area contributed by atoms with E-state index in [1.807, 2.05) is 0 Å². The van der Waals surface area contributed by atoms with Gasteiger partial charge in [0, 0.05) is 5.92 Å². The van der Waals surface area contributed by atoms with Crippen LogP contribution in [0, 0.1) is 5.92 Å². The van der Waals surface area contributed by atoms with Crippen molar-refractivity contribution >= 4 is 34.8 Å². The Hall–Kier alpha value is 0.570. The number of alkyl halides is 3. The van der Waals surface area contributed by atoms with E-state index in [2.05, 4.69) is 6.58 Å². The highest BCUT2D eigenvalue weighted by atomic mass is 35.6. The van der Waals surface area contributed by atoms with Crippen molar-refractivity contribution in [2.75, 3.05) is 0 Å². The maximum Gasteiger partial charge on any atom is 0.216 e. The van der Waals surface area contributed by atoms with Crippen LogP contribution in [-0.4, -0.2) is 15.0 Å². The summed E-state index contributed by atoms with van der Waals surface area (Å²) in [4.78, 5) is 0. The lowest BCUT2D eigenvalue weighted by Crippen LogP contribution is -2.30. The van der Waals surface area contributed by atoms with Crippen molar-refractivity contribution in [2.45, 2.75) is 16.8 Å². The van der Waals surface area contributed by atoms with E-state index in [4.69, 9.17) is 34.8 Å². The van der Waals surface area contributed by atoms with E-state index in [1.165, 1.54) is 6.08 Å². The molecule has 10 heavy (non-hydrogen) atoms. The lowest BCUT2D eigenvalue weighted by Gasteiger charge is -2.22. The first-order valence-corrected chi connectivity index (χ1v) is 3.90. The van der Waals surface area contributed by atoms with Crippen molar-refractivity contribution in [1.82, 2.24) is 0 Å². The topological polar surface area (TPSA) is 20.2 Å². The summed E-state index contributed by atoms with van der Waals surface area (Å²) in [6, 6.07) is 0. The first-order valence-electron chi connectivity index (χ1n) is 2.77. The van der Waals surface area contributed by atoms with Crippen molar-refractivity contribution in [3.63, 3.8) is 0 Å². The Morgan fingerprint density at radius 1 is 1.50 bits per heavy atom. The fourth-order valence-corrected chi connectivity index (χ4v) is 1.02. The second-order valence-electron chi connectivity index (χ2n) is 2.08. The van der Waals surface area contributed by atoms with Crippen LogP contribution in [0.1, 0.15) is 6.92 Å². The standard InChI is InChI=1S/C6H9Cl3O/c1-3-4(2)5(10)6(7,8)9/h3-5,10H,1H2,2H3/t4-,5-/m0/s1. The van der Waals surface area contributed by atoms with Crippen LogP contribution >= 0.6 is 34.8 Å². The average molecular weight is 203 g/mol. The molecule has 0 amide bonds. The molecule has 0 aliphatic carbocycles. The van der Waals surface area contributed by atoms with E-state index in [0.717, 1.165) is 0 Å². The predicted molar refractivity (Wildman–Crippen MR) is 45.7 cm³/mol. The molecule has 0 aliphatic rings. The zero-order chi connectivity index (χ0) is 8.36. The predicted octanol–water partition coefficient (Wildman–Crippen LogP) is 2.54. The molecule has 0 aromatic rings. The first kappa shape index (κ1) is 10.6. The Labute approximate surface area is 75.6 Å². The van der Waals surface area contributed by atoms with Crippen LogP contribution in [0.3, 0.4) is 0 Å². The fourth-order valence-electron chi connectivity index (χ4n) is 0.427. The van der Waals surface area contributed by atoms with Crippen LogP contribution in [0.25, 0.3) is 0 Å². The molecule has 0 aromatic heterocycles. The molecule has 4 heteroatoms. The van der Waals surface area contributed by atoms with Gasteiger partial charge in [-0.05, 0) is 0 Å². The van der Waals surface area contributed by atoms with Crippen molar-refractivity contribution in [2.24, 2.45) is 5.92 Å². The van der Waals surface area contributed by atoms with E-state index in [0.29, 0.717) is 0 Å². The summed E-state index contributed by atoms with van der Waals surface area (Å²) in [5.74, 6) is -0.215. The molecule has 2 atom stereocenters. The van der Waals surface area contributed by atoms with Gasteiger partial charge in [-0.25, -0.2) is 0 Å². The Bertz CT molecular complexity index is 119. The summed E-state index contributed by atoms with van der Waals surface area (Å²) in [5, 5.41) is 9.19. The minimum Gasteiger partial charge on any atom is -0.388 e. The summed E-state index contributed by atoms with van der Waals surface area (Å²) in [5.41, 5.74) is 0. The van der Waals surface area contributed by atoms with E-state index in [-0.39, 0.29) is 5.92 Å². The maximum atomic E-state index is 9.19. The van der Waals surface area contributed by atoms with Crippen molar-refractivity contribution in [3.05, 3.63) is 12.7 Å². The number of halogens is 3. The highest BCUT2D eigenvalue weighted by Gasteiger charge is 2.33. The van der Waals surface area contributed by atoms with Gasteiger partial charge in [-0.3, -0.25) is 0 Å².